The molecule has 0 atom stereocenters. The highest BCUT2D eigenvalue weighted by atomic mass is 16.6. The molecule has 0 saturated heterocycles. The van der Waals surface area contributed by atoms with Crippen molar-refractivity contribution in [2.24, 2.45) is 11.8 Å². The number of anilines is 1. The molecule has 2 N–H and O–H groups in total. The van der Waals surface area contributed by atoms with Gasteiger partial charge in [0.2, 0.25) is 0 Å². The number of hydrogen-bond donors (Lipinski definition) is 1. The zero-order valence-electron chi connectivity index (χ0n) is 21.9. The summed E-state index contributed by atoms with van der Waals surface area (Å²) in [5, 5.41) is 10.8. The number of methoxy groups -OCH3 is 2. The smallest absolute Gasteiger partial charge is 0.273 e. The van der Waals surface area contributed by atoms with E-state index >= 15 is 0 Å². The highest BCUT2D eigenvalue weighted by Gasteiger charge is 2.22. The predicted molar refractivity (Wildman–Crippen MR) is 141 cm³/mol. The van der Waals surface area contributed by atoms with E-state index in [1.165, 1.54) is 32.1 Å². The second kappa shape index (κ2) is 13.2. The maximum Gasteiger partial charge on any atom is 0.273 e. The van der Waals surface area contributed by atoms with Gasteiger partial charge in [-0.05, 0) is 81.4 Å². The van der Waals surface area contributed by atoms with Crippen LogP contribution in [0.3, 0.4) is 0 Å². The number of benzene rings is 2. The average Bonchev–Trinajstić information content (AvgIpc) is 2.87. The van der Waals surface area contributed by atoms with Crippen molar-refractivity contribution in [1.82, 2.24) is 0 Å². The van der Waals surface area contributed by atoms with Crippen LogP contribution >= 0.6 is 0 Å². The Morgan fingerprint density at radius 2 is 1.17 bits per heavy atom. The second-order valence-electron chi connectivity index (χ2n) is 10.0. The van der Waals surface area contributed by atoms with Gasteiger partial charge in [-0.1, -0.05) is 13.8 Å². The van der Waals surface area contributed by atoms with E-state index in [0.717, 1.165) is 61.9 Å². The third kappa shape index (κ3) is 7.93. The number of hydrogen-bond acceptors (Lipinski definition) is 7. The molecule has 36 heavy (non-hydrogen) atoms. The van der Waals surface area contributed by atoms with Gasteiger partial charge >= 0.3 is 0 Å². The molecule has 0 aromatic heterocycles. The van der Waals surface area contributed by atoms with Crippen LogP contribution in [0.2, 0.25) is 0 Å². The Hall–Kier alpha value is -3.16. The van der Waals surface area contributed by atoms with Gasteiger partial charge < -0.3 is 24.7 Å². The molecule has 4 rings (SSSR count). The van der Waals surface area contributed by atoms with Crippen LogP contribution in [0.25, 0.3) is 0 Å². The molecule has 198 valence electrons. The summed E-state index contributed by atoms with van der Waals surface area (Å²) in [7, 11) is 3.19. The van der Waals surface area contributed by atoms with E-state index in [1.807, 2.05) is 18.2 Å². The van der Waals surface area contributed by atoms with Crippen molar-refractivity contribution in [3.63, 3.8) is 0 Å². The normalized spacial score (nSPS) is 23.6. The van der Waals surface area contributed by atoms with E-state index < -0.39 is 4.92 Å². The Morgan fingerprint density at radius 1 is 0.722 bits per heavy atom. The molecule has 2 aromatic carbocycles. The van der Waals surface area contributed by atoms with E-state index in [0.29, 0.717) is 23.3 Å². The number of non-ortho nitro benzene ring substituents is 1. The first-order valence-corrected chi connectivity index (χ1v) is 12.9. The molecule has 0 amide bonds. The number of nitrogen functional groups attached to an aromatic ring is 1. The van der Waals surface area contributed by atoms with Gasteiger partial charge in [0.05, 0.1) is 37.4 Å². The molecule has 0 heterocycles. The van der Waals surface area contributed by atoms with Crippen LogP contribution in [0.4, 0.5) is 11.4 Å². The average molecular weight is 501 g/mol. The molecule has 8 heteroatoms. The molecule has 2 saturated carbocycles. The van der Waals surface area contributed by atoms with Crippen LogP contribution < -0.4 is 24.7 Å². The Bertz CT molecular complexity index is 982. The number of nitro groups is 1. The van der Waals surface area contributed by atoms with E-state index in [4.69, 9.17) is 24.7 Å². The molecule has 2 aliphatic carbocycles. The third-order valence-corrected chi connectivity index (χ3v) is 7.06. The Labute approximate surface area is 214 Å². The molecular formula is C28H40N2O6. The monoisotopic (exact) mass is 500 g/mol. The molecule has 0 radical (unpaired) electrons. The SMILES string of the molecule is COc1ccc(N)cc1OC1CCC(C)CC1.COc1ccc([N+](=O)[O-])cc1OC1CCC(C)CC1. The second-order valence-corrected chi connectivity index (χ2v) is 10.0. The fraction of sp³-hybridized carbons (Fsp3) is 0.571. The summed E-state index contributed by atoms with van der Waals surface area (Å²) < 4.78 is 22.4. The molecule has 0 bridgehead atoms. The standard InChI is InChI=1S/C14H19NO4.C14H21NO2/c1-10-3-6-12(7-4-10)19-14-9-11(15(16)17)5-8-13(14)18-2;1-10-3-6-12(7-4-10)17-14-9-11(15)5-8-13(14)16-2/h5,8-10,12H,3-4,6-7H2,1-2H3;5,8-10,12H,3-4,6-7,15H2,1-2H3. The Balaban J connectivity index is 0.000000202. The van der Waals surface area contributed by atoms with Gasteiger partial charge in [0.15, 0.2) is 23.0 Å². The summed E-state index contributed by atoms with van der Waals surface area (Å²) in [6, 6.07) is 9.98. The zero-order valence-corrected chi connectivity index (χ0v) is 21.9. The van der Waals surface area contributed by atoms with Crippen molar-refractivity contribution in [1.29, 1.82) is 0 Å². The van der Waals surface area contributed by atoms with Gasteiger partial charge in [0, 0.05) is 17.8 Å². The topological polar surface area (TPSA) is 106 Å². The van der Waals surface area contributed by atoms with Crippen LogP contribution in [0.15, 0.2) is 36.4 Å². The minimum absolute atomic E-state index is 0.0278. The van der Waals surface area contributed by atoms with Crippen LogP contribution in [-0.2, 0) is 0 Å². The van der Waals surface area contributed by atoms with Crippen molar-refractivity contribution in [2.45, 2.75) is 77.4 Å². The van der Waals surface area contributed by atoms with Gasteiger partial charge in [0.1, 0.15) is 0 Å². The minimum atomic E-state index is -0.421. The molecule has 2 aliphatic rings. The fourth-order valence-corrected chi connectivity index (χ4v) is 4.71. The highest BCUT2D eigenvalue weighted by molar-refractivity contribution is 5.52. The van der Waals surface area contributed by atoms with E-state index in [9.17, 15) is 10.1 Å². The van der Waals surface area contributed by atoms with Gasteiger partial charge in [0.25, 0.3) is 5.69 Å². The van der Waals surface area contributed by atoms with Crippen molar-refractivity contribution in [3.8, 4) is 23.0 Å². The first kappa shape index (κ1) is 27.4. The van der Waals surface area contributed by atoms with Crippen molar-refractivity contribution in [3.05, 3.63) is 46.5 Å². The lowest BCUT2D eigenvalue weighted by Crippen LogP contribution is -2.23. The summed E-state index contributed by atoms with van der Waals surface area (Å²) in [5.41, 5.74) is 6.51. The summed E-state index contributed by atoms with van der Waals surface area (Å²) in [6.07, 6.45) is 9.45. The summed E-state index contributed by atoms with van der Waals surface area (Å²) >= 11 is 0. The summed E-state index contributed by atoms with van der Waals surface area (Å²) in [5.74, 6) is 4.12. The minimum Gasteiger partial charge on any atom is -0.493 e. The lowest BCUT2D eigenvalue weighted by Gasteiger charge is -2.27. The number of nitro benzene ring substituents is 1. The number of nitrogens with zero attached hydrogens (tertiary/aromatic N) is 1. The van der Waals surface area contributed by atoms with E-state index in [-0.39, 0.29) is 11.8 Å². The van der Waals surface area contributed by atoms with Crippen LogP contribution in [-0.4, -0.2) is 31.4 Å². The molecule has 2 fully saturated rings. The number of nitrogens with two attached hydrogens (primary N) is 1. The maximum atomic E-state index is 10.8. The maximum absolute atomic E-state index is 10.8. The van der Waals surface area contributed by atoms with Crippen LogP contribution in [0.1, 0.15) is 65.2 Å². The van der Waals surface area contributed by atoms with Gasteiger partial charge in [-0.25, -0.2) is 0 Å². The van der Waals surface area contributed by atoms with Crippen molar-refractivity contribution >= 4 is 11.4 Å². The van der Waals surface area contributed by atoms with Crippen LogP contribution in [0, 0.1) is 22.0 Å². The van der Waals surface area contributed by atoms with Crippen LogP contribution in [0.5, 0.6) is 23.0 Å². The fourth-order valence-electron chi connectivity index (χ4n) is 4.71. The van der Waals surface area contributed by atoms with E-state index in [2.05, 4.69) is 13.8 Å². The summed E-state index contributed by atoms with van der Waals surface area (Å²) in [6.45, 7) is 4.54. The molecule has 0 aliphatic heterocycles. The van der Waals surface area contributed by atoms with E-state index in [1.54, 1.807) is 13.2 Å². The zero-order chi connectivity index (χ0) is 26.1. The van der Waals surface area contributed by atoms with Gasteiger partial charge in [-0.2, -0.15) is 0 Å². The van der Waals surface area contributed by atoms with Gasteiger partial charge in [-0.15, -0.1) is 0 Å². The molecule has 8 nitrogen and oxygen atoms in total. The predicted octanol–water partition coefficient (Wildman–Crippen LogP) is 6.80. The van der Waals surface area contributed by atoms with Crippen molar-refractivity contribution in [2.75, 3.05) is 20.0 Å². The molecule has 2 aromatic rings. The Morgan fingerprint density at radius 3 is 1.61 bits per heavy atom. The lowest BCUT2D eigenvalue weighted by atomic mass is 9.89. The third-order valence-electron chi connectivity index (χ3n) is 7.06. The Kier molecular flexibility index (Phi) is 10.1. The molecular weight excluding hydrogens is 460 g/mol. The first-order valence-electron chi connectivity index (χ1n) is 12.9. The first-order chi connectivity index (χ1) is 17.3. The van der Waals surface area contributed by atoms with Crippen molar-refractivity contribution < 1.29 is 23.9 Å². The molecule has 0 spiro atoms. The lowest BCUT2D eigenvalue weighted by molar-refractivity contribution is -0.385. The largest absolute Gasteiger partial charge is 0.493 e. The highest BCUT2D eigenvalue weighted by Crippen LogP contribution is 2.35. The van der Waals surface area contributed by atoms with Gasteiger partial charge in [-0.3, -0.25) is 10.1 Å². The number of ether oxygens (including phenoxy) is 4. The quantitative estimate of drug-likeness (QED) is 0.253. The summed E-state index contributed by atoms with van der Waals surface area (Å²) in [4.78, 5) is 10.4. The molecule has 0 unspecified atom stereocenters. The number of rotatable bonds is 7.